The van der Waals surface area contributed by atoms with Crippen LogP contribution in [0.5, 0.6) is 0 Å². The van der Waals surface area contributed by atoms with Crippen LogP contribution < -0.4 is 10.6 Å². The minimum Gasteiger partial charge on any atom is -0.368 e. The van der Waals surface area contributed by atoms with Crippen LogP contribution in [0.2, 0.25) is 0 Å². The van der Waals surface area contributed by atoms with Gasteiger partial charge in [0.05, 0.1) is 12.1 Å². The number of rotatable bonds is 2. The van der Waals surface area contributed by atoms with Crippen molar-refractivity contribution in [2.24, 2.45) is 0 Å². The topological polar surface area (TPSA) is 74.7 Å². The number of nitrogens with one attached hydrogen (secondary N) is 3. The van der Waals surface area contributed by atoms with Crippen molar-refractivity contribution in [3.63, 3.8) is 0 Å². The average molecular weight is 335 g/mol. The molecule has 3 heterocycles. The summed E-state index contributed by atoms with van der Waals surface area (Å²) >= 11 is 0. The molecule has 1 atom stereocenters. The summed E-state index contributed by atoms with van der Waals surface area (Å²) in [6, 6.07) is 8.32. The van der Waals surface area contributed by atoms with Crippen molar-refractivity contribution in [3.8, 4) is 0 Å². The maximum absolute atomic E-state index is 13.0. The Morgan fingerprint density at radius 2 is 2.20 bits per heavy atom. The first-order chi connectivity index (χ1) is 12.3. The van der Waals surface area contributed by atoms with Gasteiger partial charge >= 0.3 is 0 Å². The molecule has 1 aromatic carbocycles. The highest BCUT2D eigenvalue weighted by Gasteiger charge is 2.30. The fourth-order valence-electron chi connectivity index (χ4n) is 4.17. The van der Waals surface area contributed by atoms with Gasteiger partial charge in [-0.15, -0.1) is 0 Å². The van der Waals surface area contributed by atoms with E-state index in [1.807, 2.05) is 10.7 Å². The summed E-state index contributed by atoms with van der Waals surface area (Å²) < 4.78 is 1.92. The zero-order chi connectivity index (χ0) is 16.8. The largest absolute Gasteiger partial charge is 0.368 e. The van der Waals surface area contributed by atoms with Gasteiger partial charge in [-0.25, -0.2) is 4.68 Å². The van der Waals surface area contributed by atoms with Crippen LogP contribution in [-0.4, -0.2) is 27.2 Å². The molecule has 0 radical (unpaired) electrons. The number of hydrogen-bond donors (Lipinski definition) is 3. The number of amides is 1. The van der Waals surface area contributed by atoms with Gasteiger partial charge in [0.2, 0.25) is 5.91 Å². The Morgan fingerprint density at radius 1 is 1.28 bits per heavy atom. The standard InChI is InChI=1S/C19H21N5O/c25-19(23-16-11-21-24-10-4-9-20-18(16)24)14-7-3-6-13-12-5-1-2-8-15(12)22-17(13)14/h1-2,5,8,11,14,20,22H,3-4,6-7,9-10H2,(H,23,25). The summed E-state index contributed by atoms with van der Waals surface area (Å²) in [5.41, 5.74) is 4.29. The lowest BCUT2D eigenvalue weighted by Crippen LogP contribution is -2.25. The third-order valence-electron chi connectivity index (χ3n) is 5.37. The SMILES string of the molecule is O=C(Nc1cnn2c1NCCC2)C1CCCc2c1[nH]c1ccccc21. The molecule has 2 aliphatic rings. The molecule has 5 rings (SSSR count). The van der Waals surface area contributed by atoms with E-state index in [1.54, 1.807) is 6.20 Å². The van der Waals surface area contributed by atoms with E-state index in [-0.39, 0.29) is 11.8 Å². The van der Waals surface area contributed by atoms with Crippen LogP contribution in [0.4, 0.5) is 11.5 Å². The number of H-pyrrole nitrogens is 1. The van der Waals surface area contributed by atoms with Gasteiger partial charge in [-0.05, 0) is 37.3 Å². The number of aryl methyl sites for hydroxylation is 2. The van der Waals surface area contributed by atoms with Gasteiger partial charge in [-0.2, -0.15) is 5.10 Å². The molecule has 3 N–H and O–H groups in total. The maximum atomic E-state index is 13.0. The van der Waals surface area contributed by atoms with Crippen molar-refractivity contribution in [2.75, 3.05) is 17.2 Å². The summed E-state index contributed by atoms with van der Waals surface area (Å²) in [5, 5.41) is 12.1. The van der Waals surface area contributed by atoms with E-state index in [9.17, 15) is 4.79 Å². The van der Waals surface area contributed by atoms with Crippen molar-refractivity contribution in [3.05, 3.63) is 41.7 Å². The molecule has 0 saturated heterocycles. The Morgan fingerprint density at radius 3 is 3.16 bits per heavy atom. The molecule has 25 heavy (non-hydrogen) atoms. The van der Waals surface area contributed by atoms with Crippen LogP contribution in [0.25, 0.3) is 10.9 Å². The van der Waals surface area contributed by atoms with Crippen molar-refractivity contribution < 1.29 is 4.79 Å². The molecule has 0 spiro atoms. The predicted molar refractivity (Wildman–Crippen MR) is 97.9 cm³/mol. The van der Waals surface area contributed by atoms with Gasteiger partial charge in [0.1, 0.15) is 11.5 Å². The molecule has 1 aliphatic heterocycles. The summed E-state index contributed by atoms with van der Waals surface area (Å²) in [6.45, 7) is 1.82. The number of para-hydroxylation sites is 1. The Balaban J connectivity index is 1.46. The third-order valence-corrected chi connectivity index (χ3v) is 5.37. The van der Waals surface area contributed by atoms with E-state index in [0.717, 1.165) is 61.5 Å². The lowest BCUT2D eigenvalue weighted by Gasteiger charge is -2.22. The molecule has 1 unspecified atom stereocenters. The van der Waals surface area contributed by atoms with Crippen molar-refractivity contribution >= 4 is 28.3 Å². The summed E-state index contributed by atoms with van der Waals surface area (Å²) in [6.07, 6.45) is 5.76. The Kier molecular flexibility index (Phi) is 3.29. The van der Waals surface area contributed by atoms with Gasteiger partial charge in [0, 0.05) is 29.7 Å². The molecular formula is C19H21N5O. The number of carbonyl (C=O) groups excluding carboxylic acids is 1. The minimum atomic E-state index is -0.129. The van der Waals surface area contributed by atoms with Gasteiger partial charge in [0.25, 0.3) is 0 Å². The van der Waals surface area contributed by atoms with E-state index in [0.29, 0.717) is 0 Å². The quantitative estimate of drug-likeness (QED) is 0.673. The number of fused-ring (bicyclic) bond motifs is 4. The van der Waals surface area contributed by atoms with Gasteiger partial charge in [-0.1, -0.05) is 18.2 Å². The molecule has 0 fully saturated rings. The molecule has 128 valence electrons. The van der Waals surface area contributed by atoms with Gasteiger partial charge in [0.15, 0.2) is 0 Å². The highest BCUT2D eigenvalue weighted by molar-refractivity contribution is 5.99. The zero-order valence-electron chi connectivity index (χ0n) is 14.0. The number of hydrogen-bond acceptors (Lipinski definition) is 3. The first kappa shape index (κ1) is 14.6. The molecule has 0 saturated carbocycles. The van der Waals surface area contributed by atoms with Crippen molar-refractivity contribution in [2.45, 2.75) is 38.1 Å². The van der Waals surface area contributed by atoms with Crippen LogP contribution in [0, 0.1) is 0 Å². The van der Waals surface area contributed by atoms with Crippen LogP contribution in [-0.2, 0) is 17.8 Å². The molecule has 1 aliphatic carbocycles. The lowest BCUT2D eigenvalue weighted by atomic mass is 9.86. The maximum Gasteiger partial charge on any atom is 0.233 e. The fourth-order valence-corrected chi connectivity index (χ4v) is 4.17. The Labute approximate surface area is 145 Å². The van der Waals surface area contributed by atoms with Gasteiger partial charge < -0.3 is 15.6 Å². The second kappa shape index (κ2) is 5.65. The molecule has 1 amide bonds. The third kappa shape index (κ3) is 2.32. The molecule has 6 heteroatoms. The molecular weight excluding hydrogens is 314 g/mol. The molecule has 2 aromatic heterocycles. The smallest absolute Gasteiger partial charge is 0.233 e. The number of benzene rings is 1. The number of aromatic nitrogens is 3. The van der Waals surface area contributed by atoms with Crippen LogP contribution >= 0.6 is 0 Å². The first-order valence-electron chi connectivity index (χ1n) is 9.01. The minimum absolute atomic E-state index is 0.0516. The number of nitrogens with zero attached hydrogens (tertiary/aromatic N) is 2. The van der Waals surface area contributed by atoms with Crippen molar-refractivity contribution in [1.82, 2.24) is 14.8 Å². The van der Waals surface area contributed by atoms with Crippen molar-refractivity contribution in [1.29, 1.82) is 0 Å². The predicted octanol–water partition coefficient (Wildman–Crippen LogP) is 3.24. The molecule has 6 nitrogen and oxygen atoms in total. The van der Waals surface area contributed by atoms with E-state index in [4.69, 9.17) is 0 Å². The van der Waals surface area contributed by atoms with Crippen LogP contribution in [0.15, 0.2) is 30.5 Å². The second-order valence-electron chi connectivity index (χ2n) is 6.91. The average Bonchev–Trinajstić information content (AvgIpc) is 3.23. The number of anilines is 2. The summed E-state index contributed by atoms with van der Waals surface area (Å²) in [5.74, 6) is 0.846. The fraction of sp³-hybridized carbons (Fsp3) is 0.368. The molecule has 0 bridgehead atoms. The number of carbonyl (C=O) groups is 1. The summed E-state index contributed by atoms with van der Waals surface area (Å²) in [7, 11) is 0. The van der Waals surface area contributed by atoms with Crippen LogP contribution in [0.3, 0.4) is 0 Å². The number of aromatic amines is 1. The summed E-state index contributed by atoms with van der Waals surface area (Å²) in [4.78, 5) is 16.5. The second-order valence-corrected chi connectivity index (χ2v) is 6.91. The lowest BCUT2D eigenvalue weighted by molar-refractivity contribution is -0.117. The van der Waals surface area contributed by atoms with E-state index in [1.165, 1.54) is 10.9 Å². The monoisotopic (exact) mass is 335 g/mol. The normalized spacial score (nSPS) is 19.1. The molecule has 3 aromatic rings. The van der Waals surface area contributed by atoms with E-state index >= 15 is 0 Å². The highest BCUT2D eigenvalue weighted by atomic mass is 16.1. The van der Waals surface area contributed by atoms with E-state index in [2.05, 4.69) is 38.9 Å². The first-order valence-corrected chi connectivity index (χ1v) is 9.01. The Hall–Kier alpha value is -2.76. The van der Waals surface area contributed by atoms with Crippen LogP contribution in [0.1, 0.15) is 36.4 Å². The zero-order valence-corrected chi connectivity index (χ0v) is 14.0. The van der Waals surface area contributed by atoms with Gasteiger partial charge in [-0.3, -0.25) is 4.79 Å². The Bertz CT molecular complexity index is 954. The highest BCUT2D eigenvalue weighted by Crippen LogP contribution is 2.37. The van der Waals surface area contributed by atoms with E-state index < -0.39 is 0 Å².